The van der Waals surface area contributed by atoms with Crippen LogP contribution in [0.1, 0.15) is 52.8 Å². The van der Waals surface area contributed by atoms with E-state index in [0.29, 0.717) is 13.1 Å². The first kappa shape index (κ1) is 15.7. The van der Waals surface area contributed by atoms with Crippen LogP contribution in [0.3, 0.4) is 0 Å². The number of hydrogen-bond donors (Lipinski definition) is 0. The predicted molar refractivity (Wildman–Crippen MR) is 81.0 cm³/mol. The van der Waals surface area contributed by atoms with E-state index in [1.54, 1.807) is 17.3 Å². The monoisotopic (exact) mass is 291 g/mol. The lowest BCUT2D eigenvalue weighted by Crippen LogP contribution is -2.47. The zero-order valence-corrected chi connectivity index (χ0v) is 13.4. The molecule has 1 fully saturated rings. The van der Waals surface area contributed by atoms with Gasteiger partial charge in [0.15, 0.2) is 0 Å². The van der Waals surface area contributed by atoms with Crippen molar-refractivity contribution in [1.82, 2.24) is 14.9 Å². The maximum Gasteiger partial charge on any atom is 0.410 e. The number of ether oxygens (including phenoxy) is 1. The molecule has 0 bridgehead atoms. The number of hydrogen-bond acceptors (Lipinski definition) is 4. The molecule has 0 N–H and O–H groups in total. The largest absolute Gasteiger partial charge is 0.444 e. The second kappa shape index (κ2) is 6.00. The number of piperidine rings is 1. The molecule has 21 heavy (non-hydrogen) atoms. The van der Waals surface area contributed by atoms with Gasteiger partial charge in [-0.15, -0.1) is 0 Å². The lowest BCUT2D eigenvalue weighted by atomic mass is 9.75. The lowest BCUT2D eigenvalue weighted by molar-refractivity contribution is 0.0156. The van der Waals surface area contributed by atoms with Crippen LogP contribution in [-0.4, -0.2) is 39.7 Å². The Bertz CT molecular complexity index is 474. The summed E-state index contributed by atoms with van der Waals surface area (Å²) in [5.74, 6) is 0.899. The van der Waals surface area contributed by atoms with Crippen molar-refractivity contribution >= 4 is 6.09 Å². The Morgan fingerprint density at radius 2 is 1.86 bits per heavy atom. The molecule has 0 unspecified atom stereocenters. The van der Waals surface area contributed by atoms with E-state index in [2.05, 4.69) is 16.9 Å². The van der Waals surface area contributed by atoms with Gasteiger partial charge in [0, 0.05) is 30.9 Å². The highest BCUT2D eigenvalue weighted by Crippen LogP contribution is 2.36. The molecule has 1 aromatic heterocycles. The molecule has 0 aliphatic carbocycles. The van der Waals surface area contributed by atoms with E-state index in [1.807, 2.05) is 26.8 Å². The SMILES string of the molecule is CCC1(c2ncccn2)CCN(C(=O)OC(C)(C)C)CC1. The van der Waals surface area contributed by atoms with Gasteiger partial charge in [0.05, 0.1) is 0 Å². The maximum absolute atomic E-state index is 12.1. The molecule has 0 saturated carbocycles. The average Bonchev–Trinajstić information content (AvgIpc) is 2.46. The van der Waals surface area contributed by atoms with Crippen LogP contribution in [-0.2, 0) is 10.2 Å². The third kappa shape index (κ3) is 3.71. The average molecular weight is 291 g/mol. The quantitative estimate of drug-likeness (QED) is 0.840. The van der Waals surface area contributed by atoms with Gasteiger partial charge < -0.3 is 9.64 Å². The van der Waals surface area contributed by atoms with Gasteiger partial charge in [-0.25, -0.2) is 14.8 Å². The first-order valence-electron chi connectivity index (χ1n) is 7.62. The first-order valence-corrected chi connectivity index (χ1v) is 7.62. The summed E-state index contributed by atoms with van der Waals surface area (Å²) >= 11 is 0. The van der Waals surface area contributed by atoms with Crippen molar-refractivity contribution in [3.05, 3.63) is 24.3 Å². The van der Waals surface area contributed by atoms with Gasteiger partial charge >= 0.3 is 6.09 Å². The normalized spacial score (nSPS) is 18.4. The van der Waals surface area contributed by atoms with E-state index in [9.17, 15) is 4.79 Å². The Balaban J connectivity index is 2.03. The number of aromatic nitrogens is 2. The summed E-state index contributed by atoms with van der Waals surface area (Å²) in [7, 11) is 0. The fourth-order valence-corrected chi connectivity index (χ4v) is 2.75. The summed E-state index contributed by atoms with van der Waals surface area (Å²) in [6, 6.07) is 1.84. The lowest BCUT2D eigenvalue weighted by Gasteiger charge is -2.40. The second-order valence-corrected chi connectivity index (χ2v) is 6.67. The summed E-state index contributed by atoms with van der Waals surface area (Å²) in [4.78, 5) is 22.8. The molecular formula is C16H25N3O2. The summed E-state index contributed by atoms with van der Waals surface area (Å²) < 4.78 is 5.44. The molecule has 1 aliphatic rings. The fourth-order valence-electron chi connectivity index (χ4n) is 2.75. The molecule has 5 heteroatoms. The van der Waals surface area contributed by atoms with Gasteiger partial charge in [-0.05, 0) is 46.1 Å². The number of carbonyl (C=O) groups excluding carboxylic acids is 1. The van der Waals surface area contributed by atoms with Crippen molar-refractivity contribution < 1.29 is 9.53 Å². The van der Waals surface area contributed by atoms with Crippen molar-refractivity contribution in [3.63, 3.8) is 0 Å². The highest BCUT2D eigenvalue weighted by Gasteiger charge is 2.39. The zero-order valence-electron chi connectivity index (χ0n) is 13.4. The Hall–Kier alpha value is -1.65. The van der Waals surface area contributed by atoms with Crippen molar-refractivity contribution in [2.24, 2.45) is 0 Å². The minimum absolute atomic E-state index is 0.0141. The third-order valence-corrected chi connectivity index (χ3v) is 4.09. The van der Waals surface area contributed by atoms with Gasteiger partial charge in [0.2, 0.25) is 0 Å². The van der Waals surface area contributed by atoms with E-state index in [-0.39, 0.29) is 11.5 Å². The highest BCUT2D eigenvalue weighted by molar-refractivity contribution is 5.68. The number of amides is 1. The van der Waals surface area contributed by atoms with E-state index in [0.717, 1.165) is 25.1 Å². The Morgan fingerprint density at radius 3 is 2.33 bits per heavy atom. The van der Waals surface area contributed by atoms with E-state index in [1.165, 1.54) is 0 Å². The van der Waals surface area contributed by atoms with Crippen LogP contribution < -0.4 is 0 Å². The van der Waals surface area contributed by atoms with Crippen LogP contribution >= 0.6 is 0 Å². The highest BCUT2D eigenvalue weighted by atomic mass is 16.6. The molecule has 5 nitrogen and oxygen atoms in total. The van der Waals surface area contributed by atoms with E-state index in [4.69, 9.17) is 4.74 Å². The summed E-state index contributed by atoms with van der Waals surface area (Å²) in [5.41, 5.74) is -0.460. The Kier molecular flexibility index (Phi) is 4.49. The molecule has 1 amide bonds. The van der Waals surface area contributed by atoms with Crippen LogP contribution in [0.2, 0.25) is 0 Å². The minimum Gasteiger partial charge on any atom is -0.444 e. The maximum atomic E-state index is 12.1. The topological polar surface area (TPSA) is 55.3 Å². The fraction of sp³-hybridized carbons (Fsp3) is 0.688. The van der Waals surface area contributed by atoms with Crippen molar-refractivity contribution in [1.29, 1.82) is 0 Å². The van der Waals surface area contributed by atoms with Gasteiger partial charge in [0.25, 0.3) is 0 Å². The van der Waals surface area contributed by atoms with Crippen molar-refractivity contribution in [2.45, 2.75) is 58.0 Å². The molecule has 1 saturated heterocycles. The predicted octanol–water partition coefficient (Wildman–Crippen LogP) is 3.16. The summed E-state index contributed by atoms with van der Waals surface area (Å²) in [6.45, 7) is 9.23. The molecule has 1 aliphatic heterocycles. The number of likely N-dealkylation sites (tertiary alicyclic amines) is 1. The molecule has 2 rings (SSSR count). The van der Waals surface area contributed by atoms with Gasteiger partial charge in [-0.1, -0.05) is 6.92 Å². The molecule has 0 radical (unpaired) electrons. The van der Waals surface area contributed by atoms with Crippen LogP contribution in [0.4, 0.5) is 4.79 Å². The van der Waals surface area contributed by atoms with Gasteiger partial charge in [0.1, 0.15) is 11.4 Å². The van der Waals surface area contributed by atoms with Crippen LogP contribution in [0.5, 0.6) is 0 Å². The number of rotatable bonds is 2. The molecule has 0 atom stereocenters. The molecule has 1 aromatic rings. The second-order valence-electron chi connectivity index (χ2n) is 6.67. The number of carbonyl (C=O) groups is 1. The zero-order chi connectivity index (χ0) is 15.5. The Labute approximate surface area is 126 Å². The van der Waals surface area contributed by atoms with Gasteiger partial charge in [-0.3, -0.25) is 0 Å². The number of nitrogens with zero attached hydrogens (tertiary/aromatic N) is 3. The molecule has 2 heterocycles. The summed E-state index contributed by atoms with van der Waals surface area (Å²) in [5, 5.41) is 0. The van der Waals surface area contributed by atoms with Crippen LogP contribution in [0, 0.1) is 0 Å². The Morgan fingerprint density at radius 1 is 1.29 bits per heavy atom. The molecule has 116 valence electrons. The van der Waals surface area contributed by atoms with Crippen molar-refractivity contribution in [3.8, 4) is 0 Å². The van der Waals surface area contributed by atoms with Crippen LogP contribution in [0.25, 0.3) is 0 Å². The van der Waals surface area contributed by atoms with E-state index >= 15 is 0 Å². The first-order chi connectivity index (χ1) is 9.86. The third-order valence-electron chi connectivity index (χ3n) is 4.09. The summed E-state index contributed by atoms with van der Waals surface area (Å²) in [6.07, 6.45) is 6.11. The van der Waals surface area contributed by atoms with Gasteiger partial charge in [-0.2, -0.15) is 0 Å². The smallest absolute Gasteiger partial charge is 0.410 e. The standard InChI is InChI=1S/C16H25N3O2/c1-5-16(13-17-9-6-10-18-13)7-11-19(12-8-16)14(20)21-15(2,3)4/h6,9-10H,5,7-8,11-12H2,1-4H3. The van der Waals surface area contributed by atoms with Crippen molar-refractivity contribution in [2.75, 3.05) is 13.1 Å². The van der Waals surface area contributed by atoms with Crippen LogP contribution in [0.15, 0.2) is 18.5 Å². The van der Waals surface area contributed by atoms with E-state index < -0.39 is 5.60 Å². The minimum atomic E-state index is -0.446. The molecule has 0 spiro atoms. The molecule has 0 aromatic carbocycles. The molecular weight excluding hydrogens is 266 g/mol.